The van der Waals surface area contributed by atoms with Crippen LogP contribution in [0.1, 0.15) is 39.5 Å². The summed E-state index contributed by atoms with van der Waals surface area (Å²) < 4.78 is 10.8. The van der Waals surface area contributed by atoms with E-state index >= 15 is 0 Å². The molecule has 0 aromatic heterocycles. The van der Waals surface area contributed by atoms with Gasteiger partial charge in [-0.2, -0.15) is 0 Å². The van der Waals surface area contributed by atoms with Gasteiger partial charge in [0, 0.05) is 0 Å². The van der Waals surface area contributed by atoms with Crippen LogP contribution in [0.4, 0.5) is 0 Å². The maximum atomic E-state index is 10.6. The first-order chi connectivity index (χ1) is 9.13. The molecule has 0 saturated heterocycles. The molecular weight excluding hydrogens is 244 g/mol. The highest BCUT2D eigenvalue weighted by molar-refractivity contribution is 5.72. The first-order valence-electron chi connectivity index (χ1n) is 6.75. The molecule has 0 saturated carbocycles. The molecule has 1 aromatic carbocycles. The Bertz CT molecular complexity index is 372. The quantitative estimate of drug-likeness (QED) is 0.695. The van der Waals surface area contributed by atoms with Crippen molar-refractivity contribution in [3.8, 4) is 11.5 Å². The summed E-state index contributed by atoms with van der Waals surface area (Å²) in [7, 11) is 0. The van der Waals surface area contributed by atoms with Crippen LogP contribution in [0.5, 0.6) is 11.5 Å². The summed E-state index contributed by atoms with van der Waals surface area (Å²) in [6.45, 7) is 4.39. The molecule has 0 amide bonds. The molecule has 19 heavy (non-hydrogen) atoms. The van der Waals surface area contributed by atoms with Gasteiger partial charge in [-0.1, -0.05) is 26.2 Å². The second kappa shape index (κ2) is 8.40. The van der Waals surface area contributed by atoms with Gasteiger partial charge in [0.25, 0.3) is 0 Å². The molecule has 0 heterocycles. The van der Waals surface area contributed by atoms with E-state index in [2.05, 4.69) is 6.92 Å². The average molecular weight is 266 g/mol. The zero-order valence-corrected chi connectivity index (χ0v) is 11.6. The van der Waals surface area contributed by atoms with Crippen LogP contribution in [0.25, 0.3) is 0 Å². The smallest absolute Gasteiger partial charge is 0.344 e. The molecule has 1 aromatic rings. The van der Waals surface area contributed by atoms with Gasteiger partial charge < -0.3 is 14.6 Å². The zero-order chi connectivity index (χ0) is 14.1. The van der Waals surface area contributed by atoms with Gasteiger partial charge in [-0.25, -0.2) is 4.79 Å². The molecule has 4 heteroatoms. The molecule has 0 spiro atoms. The number of hydrogen-bond donors (Lipinski definition) is 1. The lowest BCUT2D eigenvalue weighted by Gasteiger charge is -2.11. The van der Waals surface area contributed by atoms with Crippen LogP contribution in [0.3, 0.4) is 0 Å². The Hall–Kier alpha value is -1.71. The summed E-state index contributed by atoms with van der Waals surface area (Å²) in [5.74, 6) is 0.344. The topological polar surface area (TPSA) is 55.8 Å². The monoisotopic (exact) mass is 266 g/mol. The van der Waals surface area contributed by atoms with Crippen LogP contribution in [-0.4, -0.2) is 23.8 Å². The minimum Gasteiger partial charge on any atom is -0.494 e. The number of carboxylic acid groups (broad SMARTS) is 1. The average Bonchev–Trinajstić information content (AvgIpc) is 2.40. The largest absolute Gasteiger partial charge is 0.494 e. The maximum absolute atomic E-state index is 10.6. The van der Waals surface area contributed by atoms with Crippen LogP contribution < -0.4 is 9.47 Å². The van der Waals surface area contributed by atoms with Crippen molar-refractivity contribution in [2.45, 2.75) is 45.6 Å². The lowest BCUT2D eigenvalue weighted by molar-refractivity contribution is -0.144. The summed E-state index contributed by atoms with van der Waals surface area (Å²) in [4.78, 5) is 10.6. The van der Waals surface area contributed by atoms with Gasteiger partial charge in [-0.15, -0.1) is 0 Å². The van der Waals surface area contributed by atoms with Gasteiger partial charge in [-0.3, -0.25) is 0 Å². The third-order valence-electron chi connectivity index (χ3n) is 2.75. The predicted octanol–water partition coefficient (Wildman–Crippen LogP) is 3.50. The van der Waals surface area contributed by atoms with Gasteiger partial charge in [0.2, 0.25) is 0 Å². The Labute approximate surface area is 114 Å². The highest BCUT2D eigenvalue weighted by atomic mass is 16.5. The first kappa shape index (κ1) is 15.3. The van der Waals surface area contributed by atoms with Crippen molar-refractivity contribution in [2.24, 2.45) is 0 Å². The molecule has 0 bridgehead atoms. The van der Waals surface area contributed by atoms with E-state index in [1.165, 1.54) is 26.2 Å². The van der Waals surface area contributed by atoms with E-state index in [4.69, 9.17) is 14.6 Å². The fraction of sp³-hybridized carbons (Fsp3) is 0.533. The van der Waals surface area contributed by atoms with E-state index < -0.39 is 12.1 Å². The fourth-order valence-corrected chi connectivity index (χ4v) is 1.59. The lowest BCUT2D eigenvalue weighted by atomic mass is 10.2. The summed E-state index contributed by atoms with van der Waals surface area (Å²) in [6, 6.07) is 7.04. The standard InChI is InChI=1S/C15H22O4/c1-3-4-5-6-11-18-13-7-9-14(10-8-13)19-12(2)15(16)17/h7-10,12H,3-6,11H2,1-2H3,(H,16,17)/t12-/m0/s1. The molecule has 1 N–H and O–H groups in total. The molecule has 4 nitrogen and oxygen atoms in total. The molecule has 1 rings (SSSR count). The number of hydrogen-bond acceptors (Lipinski definition) is 3. The molecule has 0 unspecified atom stereocenters. The Morgan fingerprint density at radius 2 is 1.79 bits per heavy atom. The molecule has 0 aliphatic heterocycles. The highest BCUT2D eigenvalue weighted by Crippen LogP contribution is 2.19. The summed E-state index contributed by atoms with van der Waals surface area (Å²) >= 11 is 0. The second-order valence-electron chi connectivity index (χ2n) is 4.48. The number of carbonyl (C=O) groups is 1. The number of carboxylic acids is 1. The third-order valence-corrected chi connectivity index (χ3v) is 2.75. The van der Waals surface area contributed by atoms with Gasteiger partial charge in [0.05, 0.1) is 6.61 Å². The SMILES string of the molecule is CCCCCCOc1ccc(O[C@@H](C)C(=O)O)cc1. The summed E-state index contributed by atoms with van der Waals surface area (Å²) in [6.07, 6.45) is 3.85. The van der Waals surface area contributed by atoms with E-state index in [0.717, 1.165) is 12.2 Å². The van der Waals surface area contributed by atoms with Gasteiger partial charge >= 0.3 is 5.97 Å². The normalized spacial score (nSPS) is 11.9. The second-order valence-corrected chi connectivity index (χ2v) is 4.48. The van der Waals surface area contributed by atoms with Crippen molar-refractivity contribution in [1.29, 1.82) is 0 Å². The van der Waals surface area contributed by atoms with E-state index in [1.807, 2.05) is 0 Å². The van der Waals surface area contributed by atoms with Gasteiger partial charge in [0.1, 0.15) is 11.5 Å². The van der Waals surface area contributed by atoms with Crippen molar-refractivity contribution in [3.05, 3.63) is 24.3 Å². The summed E-state index contributed by atoms with van der Waals surface area (Å²) in [5.41, 5.74) is 0. The number of rotatable bonds is 9. The van der Waals surface area contributed by atoms with Crippen molar-refractivity contribution >= 4 is 5.97 Å². The molecule has 0 fully saturated rings. The number of ether oxygens (including phenoxy) is 2. The molecule has 106 valence electrons. The van der Waals surface area contributed by atoms with E-state index in [9.17, 15) is 4.79 Å². The molecule has 0 aliphatic carbocycles. The minimum absolute atomic E-state index is 0.535. The van der Waals surface area contributed by atoms with Crippen LogP contribution in [-0.2, 0) is 4.79 Å². The Kier molecular flexibility index (Phi) is 6.79. The zero-order valence-electron chi connectivity index (χ0n) is 11.6. The van der Waals surface area contributed by atoms with E-state index in [1.54, 1.807) is 24.3 Å². The number of benzene rings is 1. The van der Waals surface area contributed by atoms with Gasteiger partial charge in [-0.05, 0) is 37.6 Å². The Morgan fingerprint density at radius 1 is 1.16 bits per heavy atom. The molecular formula is C15H22O4. The Balaban J connectivity index is 2.33. The molecule has 1 atom stereocenters. The minimum atomic E-state index is -0.976. The Morgan fingerprint density at radius 3 is 2.37 bits per heavy atom. The first-order valence-corrected chi connectivity index (χ1v) is 6.75. The molecule has 0 aliphatic rings. The van der Waals surface area contributed by atoms with Crippen molar-refractivity contribution < 1.29 is 19.4 Å². The van der Waals surface area contributed by atoms with Crippen LogP contribution >= 0.6 is 0 Å². The summed E-state index contributed by atoms with van der Waals surface area (Å²) in [5, 5.41) is 8.74. The predicted molar refractivity (Wildman–Crippen MR) is 73.8 cm³/mol. The third kappa shape index (κ3) is 6.13. The van der Waals surface area contributed by atoms with E-state index in [0.29, 0.717) is 12.4 Å². The van der Waals surface area contributed by atoms with Crippen LogP contribution in [0.15, 0.2) is 24.3 Å². The van der Waals surface area contributed by atoms with Gasteiger partial charge in [0.15, 0.2) is 6.10 Å². The highest BCUT2D eigenvalue weighted by Gasteiger charge is 2.11. The van der Waals surface area contributed by atoms with Crippen molar-refractivity contribution in [1.82, 2.24) is 0 Å². The van der Waals surface area contributed by atoms with Crippen molar-refractivity contribution in [3.63, 3.8) is 0 Å². The fourth-order valence-electron chi connectivity index (χ4n) is 1.59. The van der Waals surface area contributed by atoms with E-state index in [-0.39, 0.29) is 0 Å². The lowest BCUT2D eigenvalue weighted by Crippen LogP contribution is -2.22. The van der Waals surface area contributed by atoms with Crippen LogP contribution in [0, 0.1) is 0 Å². The number of unbranched alkanes of at least 4 members (excludes halogenated alkanes) is 3. The number of aliphatic carboxylic acids is 1. The van der Waals surface area contributed by atoms with Crippen molar-refractivity contribution in [2.75, 3.05) is 6.61 Å². The molecule has 0 radical (unpaired) electrons. The van der Waals surface area contributed by atoms with Crippen LogP contribution in [0.2, 0.25) is 0 Å². The maximum Gasteiger partial charge on any atom is 0.344 e.